The Hall–Kier alpha value is -0.530. The highest BCUT2D eigenvalue weighted by atomic mass is 35.5. The van der Waals surface area contributed by atoms with E-state index in [1.807, 2.05) is 26.0 Å². The topological polar surface area (TPSA) is 17.1 Å². The third-order valence-electron chi connectivity index (χ3n) is 2.34. The number of hydrogen-bond donors (Lipinski definition) is 0. The van der Waals surface area contributed by atoms with E-state index in [1.54, 1.807) is 6.07 Å². The van der Waals surface area contributed by atoms with Gasteiger partial charge in [-0.25, -0.2) is 0 Å². The summed E-state index contributed by atoms with van der Waals surface area (Å²) >= 11 is 11.9. The van der Waals surface area contributed by atoms with Gasteiger partial charge < -0.3 is 0 Å². The lowest BCUT2D eigenvalue weighted by atomic mass is 10.0. The minimum absolute atomic E-state index is 0.283. The van der Waals surface area contributed by atoms with Gasteiger partial charge in [-0.1, -0.05) is 49.2 Å². The average Bonchev–Trinajstić information content (AvgIpc) is 2.19. The first-order valence-corrected chi connectivity index (χ1v) is 6.21. The molecule has 0 atom stereocenters. The first-order chi connectivity index (χ1) is 7.50. The van der Waals surface area contributed by atoms with Crippen LogP contribution in [0.3, 0.4) is 0 Å². The minimum atomic E-state index is 0.283. The zero-order chi connectivity index (χ0) is 12.1. The fraction of sp³-hybridized carbons (Fsp3) is 0.462. The van der Waals surface area contributed by atoms with Gasteiger partial charge >= 0.3 is 0 Å². The number of hydrogen-bond acceptors (Lipinski definition) is 1. The number of aryl methyl sites for hydroxylation is 1. The third-order valence-corrected chi connectivity index (χ3v) is 3.20. The molecule has 0 unspecified atom stereocenters. The van der Waals surface area contributed by atoms with E-state index in [0.717, 1.165) is 5.56 Å². The van der Waals surface area contributed by atoms with E-state index in [9.17, 15) is 4.79 Å². The van der Waals surface area contributed by atoms with Crippen LogP contribution >= 0.6 is 23.2 Å². The Morgan fingerprint density at radius 3 is 2.62 bits per heavy atom. The van der Waals surface area contributed by atoms with Crippen molar-refractivity contribution < 1.29 is 4.79 Å². The zero-order valence-corrected chi connectivity index (χ0v) is 11.1. The molecule has 3 heteroatoms. The van der Waals surface area contributed by atoms with Crippen molar-refractivity contribution in [1.29, 1.82) is 0 Å². The molecule has 0 heterocycles. The molecule has 0 saturated heterocycles. The van der Waals surface area contributed by atoms with Crippen LogP contribution in [0, 0.1) is 5.92 Å². The molecule has 0 radical (unpaired) electrons. The lowest BCUT2D eigenvalue weighted by Crippen LogP contribution is -2.04. The van der Waals surface area contributed by atoms with Gasteiger partial charge in [-0.05, 0) is 24.0 Å². The fourth-order valence-electron chi connectivity index (χ4n) is 1.57. The van der Waals surface area contributed by atoms with Crippen LogP contribution in [0.1, 0.15) is 32.3 Å². The molecule has 0 spiro atoms. The summed E-state index contributed by atoms with van der Waals surface area (Å²) in [5, 5.41) is 1.12. The molecule has 1 aromatic carbocycles. The lowest BCUT2D eigenvalue weighted by Gasteiger charge is -2.06. The zero-order valence-electron chi connectivity index (χ0n) is 9.59. The van der Waals surface area contributed by atoms with Crippen molar-refractivity contribution in [3.63, 3.8) is 0 Å². The summed E-state index contributed by atoms with van der Waals surface area (Å²) in [5.74, 6) is 0.702. The molecule has 88 valence electrons. The summed E-state index contributed by atoms with van der Waals surface area (Å²) in [6.45, 7) is 4.09. The quantitative estimate of drug-likeness (QED) is 0.758. The Labute approximate surface area is 107 Å². The summed E-state index contributed by atoms with van der Waals surface area (Å²) in [6, 6.07) is 5.52. The van der Waals surface area contributed by atoms with Gasteiger partial charge in [0.15, 0.2) is 0 Å². The Bertz CT molecular complexity index is 372. The molecular weight excluding hydrogens is 243 g/mol. The van der Waals surface area contributed by atoms with Crippen molar-refractivity contribution in [2.45, 2.75) is 33.1 Å². The monoisotopic (exact) mass is 258 g/mol. The van der Waals surface area contributed by atoms with Crippen LogP contribution in [-0.2, 0) is 11.2 Å². The van der Waals surface area contributed by atoms with Gasteiger partial charge in [-0.15, -0.1) is 0 Å². The summed E-state index contributed by atoms with van der Waals surface area (Å²) in [5.41, 5.74) is 0.950. The maximum atomic E-state index is 11.5. The maximum absolute atomic E-state index is 11.5. The van der Waals surface area contributed by atoms with E-state index in [2.05, 4.69) is 0 Å². The van der Waals surface area contributed by atoms with Gasteiger partial charge in [0.05, 0.1) is 10.0 Å². The molecule has 1 aromatic rings. The van der Waals surface area contributed by atoms with Gasteiger partial charge in [0, 0.05) is 12.8 Å². The van der Waals surface area contributed by atoms with E-state index in [1.165, 1.54) is 0 Å². The van der Waals surface area contributed by atoms with E-state index in [-0.39, 0.29) is 5.78 Å². The molecule has 16 heavy (non-hydrogen) atoms. The van der Waals surface area contributed by atoms with E-state index >= 15 is 0 Å². The molecule has 1 nitrogen and oxygen atoms in total. The van der Waals surface area contributed by atoms with Crippen molar-refractivity contribution in [1.82, 2.24) is 0 Å². The van der Waals surface area contributed by atoms with Crippen molar-refractivity contribution >= 4 is 29.0 Å². The van der Waals surface area contributed by atoms with E-state index in [4.69, 9.17) is 23.2 Å². The summed E-state index contributed by atoms with van der Waals surface area (Å²) < 4.78 is 0. The number of ketones is 1. The van der Waals surface area contributed by atoms with E-state index < -0.39 is 0 Å². The molecule has 0 aromatic heterocycles. The molecule has 0 aliphatic carbocycles. The molecule has 0 aliphatic rings. The predicted octanol–water partition coefficient (Wildman–Crippen LogP) is 4.54. The summed E-state index contributed by atoms with van der Waals surface area (Å²) in [6.07, 6.45) is 1.85. The fourth-order valence-corrected chi connectivity index (χ4v) is 1.99. The van der Waals surface area contributed by atoms with Crippen LogP contribution in [0.4, 0.5) is 0 Å². The van der Waals surface area contributed by atoms with Crippen LogP contribution in [0.25, 0.3) is 0 Å². The Balaban J connectivity index is 2.55. The van der Waals surface area contributed by atoms with Crippen LogP contribution in [0.2, 0.25) is 10.0 Å². The second-order valence-electron chi connectivity index (χ2n) is 4.35. The standard InChI is InChI=1S/C13H16Cl2O/c1-9(2)8-11(16)7-6-10-4-3-5-12(14)13(10)15/h3-5,9H,6-8H2,1-2H3. The molecule has 0 N–H and O–H groups in total. The van der Waals surface area contributed by atoms with Crippen molar-refractivity contribution in [3.05, 3.63) is 33.8 Å². The van der Waals surface area contributed by atoms with Gasteiger partial charge in [0.25, 0.3) is 0 Å². The highest BCUT2D eigenvalue weighted by molar-refractivity contribution is 6.42. The molecule has 1 rings (SSSR count). The number of carbonyl (C=O) groups is 1. The van der Waals surface area contributed by atoms with Gasteiger partial charge in [0.2, 0.25) is 0 Å². The number of carbonyl (C=O) groups excluding carboxylic acids is 1. The summed E-state index contributed by atoms with van der Waals surface area (Å²) in [7, 11) is 0. The first-order valence-electron chi connectivity index (χ1n) is 5.45. The Morgan fingerprint density at radius 2 is 2.00 bits per heavy atom. The largest absolute Gasteiger partial charge is 0.300 e. The average molecular weight is 259 g/mol. The minimum Gasteiger partial charge on any atom is -0.300 e. The van der Waals surface area contributed by atoms with Crippen molar-refractivity contribution in [2.24, 2.45) is 5.92 Å². The summed E-state index contributed by atoms with van der Waals surface area (Å²) in [4.78, 5) is 11.5. The molecule has 0 fully saturated rings. The third kappa shape index (κ3) is 4.15. The maximum Gasteiger partial charge on any atom is 0.133 e. The lowest BCUT2D eigenvalue weighted by molar-refractivity contribution is -0.119. The number of benzene rings is 1. The number of rotatable bonds is 5. The normalized spacial score (nSPS) is 10.8. The Kier molecular flexibility index (Phi) is 5.30. The van der Waals surface area contributed by atoms with Crippen LogP contribution < -0.4 is 0 Å². The molecule has 0 amide bonds. The van der Waals surface area contributed by atoms with Crippen molar-refractivity contribution in [2.75, 3.05) is 0 Å². The van der Waals surface area contributed by atoms with Crippen molar-refractivity contribution in [3.8, 4) is 0 Å². The smallest absolute Gasteiger partial charge is 0.133 e. The van der Waals surface area contributed by atoms with Crippen LogP contribution in [-0.4, -0.2) is 5.78 Å². The van der Waals surface area contributed by atoms with Crippen LogP contribution in [0.15, 0.2) is 18.2 Å². The van der Waals surface area contributed by atoms with Gasteiger partial charge in [-0.3, -0.25) is 4.79 Å². The predicted molar refractivity (Wildman–Crippen MR) is 69.2 cm³/mol. The van der Waals surface area contributed by atoms with E-state index in [0.29, 0.717) is 35.2 Å². The number of Topliss-reactive ketones (excluding diaryl/α,β-unsaturated/α-hetero) is 1. The van der Waals surface area contributed by atoms with Crippen LogP contribution in [0.5, 0.6) is 0 Å². The first kappa shape index (κ1) is 13.5. The highest BCUT2D eigenvalue weighted by Crippen LogP contribution is 2.26. The second kappa shape index (κ2) is 6.27. The number of halogens is 2. The highest BCUT2D eigenvalue weighted by Gasteiger charge is 2.08. The molecule has 0 aliphatic heterocycles. The SMILES string of the molecule is CC(C)CC(=O)CCc1cccc(Cl)c1Cl. The van der Waals surface area contributed by atoms with Gasteiger partial charge in [0.1, 0.15) is 5.78 Å². The molecule has 0 bridgehead atoms. The Morgan fingerprint density at radius 1 is 1.31 bits per heavy atom. The second-order valence-corrected chi connectivity index (χ2v) is 5.13. The molecule has 0 saturated carbocycles. The molecular formula is C13H16Cl2O. The van der Waals surface area contributed by atoms with Gasteiger partial charge in [-0.2, -0.15) is 0 Å².